The first-order valence-electron chi connectivity index (χ1n) is 5.31. The minimum atomic E-state index is 0.424. The fraction of sp³-hybridized carbons (Fsp3) is 0.455. The van der Waals surface area contributed by atoms with Crippen molar-refractivity contribution in [1.29, 1.82) is 0 Å². The first-order chi connectivity index (χ1) is 7.70. The van der Waals surface area contributed by atoms with Crippen LogP contribution < -0.4 is 5.32 Å². The van der Waals surface area contributed by atoms with E-state index >= 15 is 0 Å². The van der Waals surface area contributed by atoms with Gasteiger partial charge in [0.15, 0.2) is 5.82 Å². The Labute approximate surface area is 99.6 Å². The minimum absolute atomic E-state index is 0.424. The van der Waals surface area contributed by atoms with Crippen molar-refractivity contribution < 1.29 is 0 Å². The number of nitrogens with one attached hydrogen (secondary N) is 1. The lowest BCUT2D eigenvalue weighted by atomic mass is 10.2. The number of aromatic nitrogens is 3. The van der Waals surface area contributed by atoms with E-state index in [0.717, 1.165) is 23.6 Å². The number of fused-ring (bicyclic) bond motifs is 1. The summed E-state index contributed by atoms with van der Waals surface area (Å²) >= 11 is 5.76. The summed E-state index contributed by atoms with van der Waals surface area (Å²) in [6.45, 7) is 4.89. The van der Waals surface area contributed by atoms with Gasteiger partial charge in [-0.2, -0.15) is 5.10 Å². The molecule has 0 bridgehead atoms. The molecule has 0 fully saturated rings. The molecule has 0 aliphatic heterocycles. The van der Waals surface area contributed by atoms with Crippen molar-refractivity contribution in [3.63, 3.8) is 0 Å². The molecule has 0 aromatic carbocycles. The third-order valence-electron chi connectivity index (χ3n) is 2.39. The number of halogens is 1. The second-order valence-electron chi connectivity index (χ2n) is 4.03. The quantitative estimate of drug-likeness (QED) is 0.832. The Morgan fingerprint density at radius 1 is 1.56 bits per heavy atom. The van der Waals surface area contributed by atoms with Crippen LogP contribution in [0.2, 0.25) is 0 Å². The molecule has 0 aliphatic carbocycles. The number of anilines is 1. The van der Waals surface area contributed by atoms with Gasteiger partial charge in [0.2, 0.25) is 0 Å². The zero-order valence-electron chi connectivity index (χ0n) is 9.44. The number of hydrogen-bond acceptors (Lipinski definition) is 3. The van der Waals surface area contributed by atoms with Crippen LogP contribution in [0.15, 0.2) is 18.5 Å². The summed E-state index contributed by atoms with van der Waals surface area (Å²) < 4.78 is 1.83. The summed E-state index contributed by atoms with van der Waals surface area (Å²) in [5.74, 6) is 1.93. The van der Waals surface area contributed by atoms with Gasteiger partial charge >= 0.3 is 0 Å². The van der Waals surface area contributed by atoms with Crippen molar-refractivity contribution >= 4 is 22.9 Å². The molecule has 16 heavy (non-hydrogen) atoms. The molecular weight excluding hydrogens is 224 g/mol. The molecule has 4 nitrogen and oxygen atoms in total. The molecule has 0 saturated heterocycles. The Morgan fingerprint density at radius 3 is 3.12 bits per heavy atom. The van der Waals surface area contributed by atoms with Gasteiger partial charge in [0.05, 0.1) is 5.69 Å². The molecule has 86 valence electrons. The summed E-state index contributed by atoms with van der Waals surface area (Å²) in [4.78, 5) is 4.31. The first kappa shape index (κ1) is 11.2. The maximum Gasteiger partial charge on any atom is 0.152 e. The summed E-state index contributed by atoms with van der Waals surface area (Å²) in [5.41, 5.74) is 1.99. The lowest BCUT2D eigenvalue weighted by Gasteiger charge is -2.10. The summed E-state index contributed by atoms with van der Waals surface area (Å²) in [5, 5.41) is 7.63. The van der Waals surface area contributed by atoms with Crippen LogP contribution >= 0.6 is 11.6 Å². The van der Waals surface area contributed by atoms with E-state index < -0.39 is 0 Å². The molecule has 2 aromatic heterocycles. The minimum Gasteiger partial charge on any atom is -0.368 e. The van der Waals surface area contributed by atoms with Gasteiger partial charge < -0.3 is 5.32 Å². The highest BCUT2D eigenvalue weighted by atomic mass is 35.5. The second kappa shape index (κ2) is 4.70. The molecule has 2 aromatic rings. The van der Waals surface area contributed by atoms with Crippen LogP contribution in [-0.4, -0.2) is 27.0 Å². The number of rotatable bonds is 4. The average Bonchev–Trinajstić information content (AvgIpc) is 2.66. The van der Waals surface area contributed by atoms with Crippen LogP contribution in [-0.2, 0) is 0 Å². The molecule has 1 N–H and O–H groups in total. The van der Waals surface area contributed by atoms with Crippen LogP contribution in [0.1, 0.15) is 12.6 Å². The van der Waals surface area contributed by atoms with Crippen LogP contribution in [0.3, 0.4) is 0 Å². The molecule has 5 heteroatoms. The molecule has 1 unspecified atom stereocenters. The van der Waals surface area contributed by atoms with Gasteiger partial charge in [-0.25, -0.2) is 9.50 Å². The molecule has 0 radical (unpaired) electrons. The van der Waals surface area contributed by atoms with E-state index in [0.29, 0.717) is 11.8 Å². The highest BCUT2D eigenvalue weighted by molar-refractivity contribution is 6.18. The van der Waals surface area contributed by atoms with Crippen LogP contribution in [0.5, 0.6) is 0 Å². The Morgan fingerprint density at radius 2 is 2.38 bits per heavy atom. The fourth-order valence-corrected chi connectivity index (χ4v) is 1.62. The van der Waals surface area contributed by atoms with Gasteiger partial charge in [-0.15, -0.1) is 11.6 Å². The zero-order valence-corrected chi connectivity index (χ0v) is 10.2. The Kier molecular flexibility index (Phi) is 3.29. The first-order valence-corrected chi connectivity index (χ1v) is 5.85. The van der Waals surface area contributed by atoms with Gasteiger partial charge in [-0.3, -0.25) is 0 Å². The van der Waals surface area contributed by atoms with Gasteiger partial charge in [0.25, 0.3) is 0 Å². The van der Waals surface area contributed by atoms with E-state index in [1.54, 1.807) is 6.20 Å². The van der Waals surface area contributed by atoms with E-state index in [1.807, 2.05) is 23.7 Å². The molecule has 1 atom stereocenters. The third-order valence-corrected chi connectivity index (χ3v) is 2.92. The second-order valence-corrected chi connectivity index (χ2v) is 4.34. The lowest BCUT2D eigenvalue weighted by Crippen LogP contribution is -2.13. The summed E-state index contributed by atoms with van der Waals surface area (Å²) in [6, 6.07) is 2.01. The fourth-order valence-electron chi connectivity index (χ4n) is 1.51. The maximum absolute atomic E-state index is 5.76. The predicted octanol–water partition coefficient (Wildman–Crippen LogP) is 2.32. The van der Waals surface area contributed by atoms with Gasteiger partial charge in [0, 0.05) is 24.8 Å². The van der Waals surface area contributed by atoms with Crippen molar-refractivity contribution in [1.82, 2.24) is 14.6 Å². The van der Waals surface area contributed by atoms with Gasteiger partial charge in [-0.05, 0) is 18.9 Å². The van der Waals surface area contributed by atoms with Gasteiger partial charge in [-0.1, -0.05) is 6.92 Å². The highest BCUT2D eigenvalue weighted by Gasteiger charge is 2.06. The SMILES string of the molecule is Cc1cc2c(NCC(C)CCl)nccn2n1. The molecular formula is C11H15ClN4. The lowest BCUT2D eigenvalue weighted by molar-refractivity contribution is 0.694. The Balaban J connectivity index is 2.23. The van der Waals surface area contributed by atoms with Gasteiger partial charge in [0.1, 0.15) is 5.52 Å². The van der Waals surface area contributed by atoms with E-state index in [2.05, 4.69) is 22.3 Å². The molecule has 0 saturated carbocycles. The summed E-state index contributed by atoms with van der Waals surface area (Å²) in [7, 11) is 0. The van der Waals surface area contributed by atoms with Crippen molar-refractivity contribution in [2.75, 3.05) is 17.7 Å². The molecule has 0 amide bonds. The monoisotopic (exact) mass is 238 g/mol. The predicted molar refractivity (Wildman–Crippen MR) is 66.1 cm³/mol. The Hall–Kier alpha value is -1.29. The third kappa shape index (κ3) is 2.27. The van der Waals surface area contributed by atoms with Crippen LogP contribution in [0, 0.1) is 12.8 Å². The molecule has 2 rings (SSSR count). The highest BCUT2D eigenvalue weighted by Crippen LogP contribution is 2.15. The average molecular weight is 239 g/mol. The largest absolute Gasteiger partial charge is 0.368 e. The standard InChI is InChI=1S/C11H15ClN4/c1-8(6-12)7-14-11-10-5-9(2)15-16(10)4-3-13-11/h3-5,8H,6-7H2,1-2H3,(H,13,14). The number of nitrogens with zero attached hydrogens (tertiary/aromatic N) is 3. The molecule has 0 aliphatic rings. The van der Waals surface area contributed by atoms with Crippen molar-refractivity contribution in [3.8, 4) is 0 Å². The maximum atomic E-state index is 5.76. The molecule has 0 spiro atoms. The normalized spacial score (nSPS) is 12.9. The van der Waals surface area contributed by atoms with E-state index in [-0.39, 0.29) is 0 Å². The number of aryl methyl sites for hydroxylation is 1. The van der Waals surface area contributed by atoms with E-state index in [9.17, 15) is 0 Å². The summed E-state index contributed by atoms with van der Waals surface area (Å²) in [6.07, 6.45) is 3.59. The van der Waals surface area contributed by atoms with Crippen LogP contribution in [0.4, 0.5) is 5.82 Å². The van der Waals surface area contributed by atoms with E-state index in [1.165, 1.54) is 0 Å². The van der Waals surface area contributed by atoms with Crippen molar-refractivity contribution in [2.24, 2.45) is 5.92 Å². The topological polar surface area (TPSA) is 42.2 Å². The van der Waals surface area contributed by atoms with E-state index in [4.69, 9.17) is 11.6 Å². The molecule has 2 heterocycles. The number of hydrogen-bond donors (Lipinski definition) is 1. The number of alkyl halides is 1. The zero-order chi connectivity index (χ0) is 11.5. The Bertz CT molecular complexity index is 480. The van der Waals surface area contributed by atoms with Crippen LogP contribution in [0.25, 0.3) is 5.52 Å². The smallest absolute Gasteiger partial charge is 0.152 e. The van der Waals surface area contributed by atoms with Crippen molar-refractivity contribution in [2.45, 2.75) is 13.8 Å². The van der Waals surface area contributed by atoms with Crippen molar-refractivity contribution in [3.05, 3.63) is 24.2 Å².